The van der Waals surface area contributed by atoms with Crippen molar-refractivity contribution in [3.63, 3.8) is 0 Å². The Hall–Kier alpha value is -2.13. The number of morpholine rings is 1. The van der Waals surface area contributed by atoms with Crippen LogP contribution in [0.15, 0.2) is 22.5 Å². The molecule has 1 N–H and O–H groups in total. The van der Waals surface area contributed by atoms with Gasteiger partial charge in [-0.1, -0.05) is 6.07 Å². The Bertz CT molecular complexity index is 693. The molecule has 0 saturated carbocycles. The second-order valence-electron chi connectivity index (χ2n) is 7.56. The van der Waals surface area contributed by atoms with Crippen LogP contribution in [0.3, 0.4) is 0 Å². The average Bonchev–Trinajstić information content (AvgIpc) is 3.27. The number of carbonyl (C=O) groups is 2. The highest BCUT2D eigenvalue weighted by Gasteiger charge is 2.30. The number of likely N-dealkylation sites (tertiary alicyclic amines) is 1. The molecule has 1 aromatic rings. The molecule has 0 unspecified atom stereocenters. The zero-order valence-electron chi connectivity index (χ0n) is 17.3. The molecule has 3 heterocycles. The van der Waals surface area contributed by atoms with Crippen LogP contribution in [0.1, 0.15) is 17.7 Å². The van der Waals surface area contributed by atoms with Gasteiger partial charge in [0.2, 0.25) is 11.8 Å². The topological polar surface area (TPSA) is 77.5 Å². The summed E-state index contributed by atoms with van der Waals surface area (Å²) in [6, 6.07) is 4.10. The predicted octanol–water partition coefficient (Wildman–Crippen LogP) is 0.853. The fourth-order valence-corrected chi connectivity index (χ4v) is 4.16. The fraction of sp³-hybridized carbons (Fsp3) is 0.650. The van der Waals surface area contributed by atoms with E-state index in [1.165, 1.54) is 4.88 Å². The Balaban J connectivity index is 1.58. The first kappa shape index (κ1) is 21.6. The first-order valence-electron chi connectivity index (χ1n) is 10.2. The Kier molecular flexibility index (Phi) is 7.88. The molecular formula is C20H31N5O3S. The van der Waals surface area contributed by atoms with Crippen LogP contribution in [0.2, 0.25) is 0 Å². The van der Waals surface area contributed by atoms with Crippen LogP contribution in [0.25, 0.3) is 0 Å². The number of thiophene rings is 1. The third-order valence-corrected chi connectivity index (χ3v) is 6.21. The SMILES string of the molecule is CN(C)C(=O)CN=C(NCc1cccs1)N1CCC(C(=O)N2CCOCC2)CC1. The van der Waals surface area contributed by atoms with Crippen LogP contribution in [0.5, 0.6) is 0 Å². The van der Waals surface area contributed by atoms with Gasteiger partial charge in [0.15, 0.2) is 5.96 Å². The van der Waals surface area contributed by atoms with Crippen molar-refractivity contribution in [1.29, 1.82) is 0 Å². The van der Waals surface area contributed by atoms with Crippen molar-refractivity contribution in [1.82, 2.24) is 20.0 Å². The minimum absolute atomic E-state index is 0.0298. The molecule has 0 spiro atoms. The first-order chi connectivity index (χ1) is 14.0. The van der Waals surface area contributed by atoms with Crippen molar-refractivity contribution in [2.75, 3.05) is 60.0 Å². The highest BCUT2D eigenvalue weighted by Crippen LogP contribution is 2.20. The lowest BCUT2D eigenvalue weighted by Gasteiger charge is -2.36. The molecule has 160 valence electrons. The second-order valence-corrected chi connectivity index (χ2v) is 8.59. The number of hydrogen-bond acceptors (Lipinski definition) is 5. The van der Waals surface area contributed by atoms with E-state index in [-0.39, 0.29) is 24.3 Å². The number of amides is 2. The van der Waals surface area contributed by atoms with Crippen molar-refractivity contribution < 1.29 is 14.3 Å². The van der Waals surface area contributed by atoms with E-state index in [1.807, 2.05) is 16.3 Å². The van der Waals surface area contributed by atoms with E-state index in [0.29, 0.717) is 32.8 Å². The van der Waals surface area contributed by atoms with E-state index in [9.17, 15) is 9.59 Å². The average molecular weight is 422 g/mol. The molecule has 0 atom stereocenters. The van der Waals surface area contributed by atoms with Gasteiger partial charge in [-0.05, 0) is 24.3 Å². The van der Waals surface area contributed by atoms with Crippen LogP contribution in [0.4, 0.5) is 0 Å². The summed E-state index contributed by atoms with van der Waals surface area (Å²) in [6.07, 6.45) is 1.61. The Labute approximate surface area is 176 Å². The number of nitrogens with zero attached hydrogens (tertiary/aromatic N) is 4. The Morgan fingerprint density at radius 3 is 2.55 bits per heavy atom. The maximum atomic E-state index is 12.8. The van der Waals surface area contributed by atoms with E-state index >= 15 is 0 Å². The standard InChI is InChI=1S/C20H31N5O3S/c1-23(2)18(26)15-22-20(21-14-17-4-3-13-29-17)25-7-5-16(6-8-25)19(27)24-9-11-28-12-10-24/h3-4,13,16H,5-12,14-15H2,1-2H3,(H,21,22). The Morgan fingerprint density at radius 2 is 1.93 bits per heavy atom. The molecule has 0 bridgehead atoms. The first-order valence-corrected chi connectivity index (χ1v) is 11.0. The van der Waals surface area contributed by atoms with E-state index in [0.717, 1.165) is 31.9 Å². The van der Waals surface area contributed by atoms with Gasteiger partial charge in [0.25, 0.3) is 0 Å². The summed E-state index contributed by atoms with van der Waals surface area (Å²) in [7, 11) is 3.47. The van der Waals surface area contributed by atoms with Gasteiger partial charge >= 0.3 is 0 Å². The van der Waals surface area contributed by atoms with Crippen molar-refractivity contribution >= 4 is 29.1 Å². The van der Waals surface area contributed by atoms with Crippen LogP contribution < -0.4 is 5.32 Å². The summed E-state index contributed by atoms with van der Waals surface area (Å²) in [5.41, 5.74) is 0. The summed E-state index contributed by atoms with van der Waals surface area (Å²) in [5, 5.41) is 5.45. The van der Waals surface area contributed by atoms with Crippen LogP contribution in [-0.2, 0) is 20.9 Å². The number of aliphatic imine (C=N–C) groups is 1. The number of rotatable bonds is 5. The molecule has 8 nitrogen and oxygen atoms in total. The van der Waals surface area contributed by atoms with Crippen molar-refractivity contribution in [3.05, 3.63) is 22.4 Å². The lowest BCUT2D eigenvalue weighted by Crippen LogP contribution is -2.50. The quantitative estimate of drug-likeness (QED) is 0.564. The monoisotopic (exact) mass is 421 g/mol. The van der Waals surface area contributed by atoms with E-state index in [4.69, 9.17) is 4.74 Å². The molecule has 2 fully saturated rings. The molecule has 2 amide bonds. The maximum absolute atomic E-state index is 12.8. The summed E-state index contributed by atoms with van der Waals surface area (Å²) >= 11 is 1.69. The molecule has 3 rings (SSSR count). The number of ether oxygens (including phenoxy) is 1. The molecule has 29 heavy (non-hydrogen) atoms. The summed E-state index contributed by atoms with van der Waals surface area (Å²) in [5.74, 6) is 1.02. The van der Waals surface area contributed by atoms with E-state index in [1.54, 1.807) is 30.3 Å². The van der Waals surface area contributed by atoms with Crippen molar-refractivity contribution in [3.8, 4) is 0 Å². The fourth-order valence-electron chi connectivity index (χ4n) is 3.51. The van der Waals surface area contributed by atoms with Gasteiger partial charge in [-0.2, -0.15) is 0 Å². The van der Waals surface area contributed by atoms with Gasteiger partial charge in [0.05, 0.1) is 19.8 Å². The molecule has 2 aliphatic rings. The highest BCUT2D eigenvalue weighted by atomic mass is 32.1. The molecule has 2 aliphatic heterocycles. The van der Waals surface area contributed by atoms with Gasteiger partial charge in [0.1, 0.15) is 6.54 Å². The van der Waals surface area contributed by atoms with Gasteiger partial charge in [0, 0.05) is 51.1 Å². The number of nitrogens with one attached hydrogen (secondary N) is 1. The van der Waals surface area contributed by atoms with E-state index in [2.05, 4.69) is 21.3 Å². The molecule has 9 heteroatoms. The molecule has 0 radical (unpaired) electrons. The lowest BCUT2D eigenvalue weighted by molar-refractivity contribution is -0.140. The van der Waals surface area contributed by atoms with Gasteiger partial charge in [-0.3, -0.25) is 9.59 Å². The van der Waals surface area contributed by atoms with Crippen LogP contribution >= 0.6 is 11.3 Å². The zero-order valence-corrected chi connectivity index (χ0v) is 18.1. The largest absolute Gasteiger partial charge is 0.378 e. The number of likely N-dealkylation sites (N-methyl/N-ethyl adjacent to an activating group) is 1. The third-order valence-electron chi connectivity index (χ3n) is 5.33. The number of guanidine groups is 1. The summed E-state index contributed by atoms with van der Waals surface area (Å²) < 4.78 is 5.35. The summed E-state index contributed by atoms with van der Waals surface area (Å²) in [4.78, 5) is 36.2. The normalized spacial score (nSPS) is 18.6. The minimum Gasteiger partial charge on any atom is -0.378 e. The van der Waals surface area contributed by atoms with Crippen molar-refractivity contribution in [2.24, 2.45) is 10.9 Å². The Morgan fingerprint density at radius 1 is 1.21 bits per heavy atom. The van der Waals surface area contributed by atoms with Gasteiger partial charge < -0.3 is 24.8 Å². The van der Waals surface area contributed by atoms with Crippen LogP contribution in [0, 0.1) is 5.92 Å². The zero-order chi connectivity index (χ0) is 20.6. The lowest BCUT2D eigenvalue weighted by atomic mass is 9.95. The van der Waals surface area contributed by atoms with Crippen LogP contribution in [-0.4, -0.2) is 92.5 Å². The molecule has 1 aromatic heterocycles. The molecule has 0 aliphatic carbocycles. The molecule has 0 aromatic carbocycles. The number of carbonyl (C=O) groups excluding carboxylic acids is 2. The third kappa shape index (κ3) is 6.17. The van der Waals surface area contributed by atoms with Gasteiger partial charge in [-0.15, -0.1) is 11.3 Å². The van der Waals surface area contributed by atoms with Crippen molar-refractivity contribution in [2.45, 2.75) is 19.4 Å². The highest BCUT2D eigenvalue weighted by molar-refractivity contribution is 7.09. The minimum atomic E-state index is -0.0298. The van der Waals surface area contributed by atoms with E-state index < -0.39 is 0 Å². The number of hydrogen-bond donors (Lipinski definition) is 1. The molecule has 2 saturated heterocycles. The van der Waals surface area contributed by atoms with Gasteiger partial charge in [-0.25, -0.2) is 4.99 Å². The predicted molar refractivity (Wildman–Crippen MR) is 114 cm³/mol. The molecular weight excluding hydrogens is 390 g/mol. The summed E-state index contributed by atoms with van der Waals surface area (Å²) in [6.45, 7) is 4.97. The smallest absolute Gasteiger partial charge is 0.243 e. The second kappa shape index (κ2) is 10.6. The number of piperidine rings is 1. The maximum Gasteiger partial charge on any atom is 0.243 e.